The molecule has 0 saturated carbocycles. The normalized spacial score (nSPS) is 8.92. The Bertz CT molecular complexity index is 112. The van der Waals surface area contributed by atoms with Crippen molar-refractivity contribution < 1.29 is 22.0 Å². The minimum atomic E-state index is 0. The number of likely N-dealkylation sites (N-methyl/N-ethyl adjacent to an activating group) is 1. The molecule has 0 unspecified atom stereocenters. The zero-order valence-corrected chi connectivity index (χ0v) is 9.43. The summed E-state index contributed by atoms with van der Waals surface area (Å²) in [7, 11) is 4.31. The van der Waals surface area contributed by atoms with Crippen LogP contribution in [0.1, 0.15) is 0 Å². The van der Waals surface area contributed by atoms with Crippen LogP contribution >= 0.6 is 0 Å². The highest BCUT2D eigenvalue weighted by Gasteiger charge is 2.07. The van der Waals surface area contributed by atoms with Crippen molar-refractivity contribution >= 4 is 0 Å². The number of halogens is 1. The lowest BCUT2D eigenvalue weighted by molar-refractivity contribution is -0.878. The number of hydrogen-bond acceptors (Lipinski definition) is 1. The van der Waals surface area contributed by atoms with E-state index in [1.165, 1.54) is 0 Å². The number of quaternary nitrogens is 1. The van der Waals surface area contributed by atoms with Gasteiger partial charge in [0.2, 0.25) is 0 Å². The van der Waals surface area contributed by atoms with Crippen LogP contribution in [-0.4, -0.2) is 43.4 Å². The largest absolute Gasteiger partial charge is 1.00 e. The molecule has 0 aliphatic carbocycles. The lowest BCUT2D eigenvalue weighted by Crippen LogP contribution is -3.00. The Morgan fingerprint density at radius 3 is 1.54 bits per heavy atom. The van der Waals surface area contributed by atoms with Crippen molar-refractivity contribution in [2.45, 2.75) is 0 Å². The third kappa shape index (κ3) is 18.6. The summed E-state index contributed by atoms with van der Waals surface area (Å²) in [6, 6.07) is 0. The monoisotopic (exact) mass is 206 g/mol. The fourth-order valence-electron chi connectivity index (χ4n) is 0.774. The standard InChI is InChI=1S/C8H16N.C2H5O.ClH/c1-5-7-9(3,4)8-6-2;1-2-3;/h5-6H,1-2,7-8H2,3-4H3;3H,1-2H2;1H/q+1;;/p-1. The van der Waals surface area contributed by atoms with Crippen molar-refractivity contribution in [1.82, 2.24) is 0 Å². The second-order valence-corrected chi connectivity index (χ2v) is 3.10. The molecule has 1 radical (unpaired) electrons. The maximum atomic E-state index is 7.46. The zero-order chi connectivity index (χ0) is 10.0. The van der Waals surface area contributed by atoms with Gasteiger partial charge in [0.15, 0.2) is 0 Å². The molecule has 0 bridgehead atoms. The predicted molar refractivity (Wildman–Crippen MR) is 54.7 cm³/mol. The van der Waals surface area contributed by atoms with Crippen LogP contribution in [-0.2, 0) is 0 Å². The first kappa shape index (κ1) is 18.5. The van der Waals surface area contributed by atoms with Gasteiger partial charge in [0.25, 0.3) is 0 Å². The van der Waals surface area contributed by atoms with Crippen LogP contribution in [0.3, 0.4) is 0 Å². The van der Waals surface area contributed by atoms with Gasteiger partial charge in [-0.2, -0.15) is 0 Å². The van der Waals surface area contributed by atoms with Crippen molar-refractivity contribution in [1.29, 1.82) is 0 Å². The quantitative estimate of drug-likeness (QED) is 0.428. The van der Waals surface area contributed by atoms with Crippen LogP contribution in [0.25, 0.3) is 0 Å². The van der Waals surface area contributed by atoms with Gasteiger partial charge in [-0.1, -0.05) is 13.2 Å². The Kier molecular flexibility index (Phi) is 16.6. The lowest BCUT2D eigenvalue weighted by atomic mass is 10.4. The molecular formula is C10H21ClNO. The molecule has 0 aromatic rings. The Hall–Kier alpha value is -0.310. The molecule has 0 amide bonds. The summed E-state index contributed by atoms with van der Waals surface area (Å²) in [5, 5.41) is 7.46. The summed E-state index contributed by atoms with van der Waals surface area (Å²) >= 11 is 0. The highest BCUT2D eigenvalue weighted by atomic mass is 35.5. The van der Waals surface area contributed by atoms with Gasteiger partial charge in [-0.3, -0.25) is 0 Å². The average Bonchev–Trinajstić information content (AvgIpc) is 1.88. The fraction of sp³-hybridized carbons (Fsp3) is 0.500. The molecule has 0 aliphatic heterocycles. The number of rotatable bonds is 4. The van der Waals surface area contributed by atoms with Gasteiger partial charge < -0.3 is 22.0 Å². The van der Waals surface area contributed by atoms with Crippen molar-refractivity contribution in [3.8, 4) is 0 Å². The van der Waals surface area contributed by atoms with E-state index in [1.54, 1.807) is 0 Å². The Morgan fingerprint density at radius 1 is 1.15 bits per heavy atom. The van der Waals surface area contributed by atoms with Crippen molar-refractivity contribution in [3.05, 3.63) is 32.2 Å². The average molecular weight is 207 g/mol. The number of aliphatic hydroxyl groups excluding tert-OH is 1. The second kappa shape index (κ2) is 11.7. The first-order chi connectivity index (χ1) is 5.54. The molecular weight excluding hydrogens is 186 g/mol. The summed E-state index contributed by atoms with van der Waals surface area (Å²) in [6.07, 6.45) is 3.87. The number of aliphatic hydroxyl groups is 1. The van der Waals surface area contributed by atoms with E-state index < -0.39 is 0 Å². The smallest absolute Gasteiger partial charge is 0.0969 e. The minimum Gasteiger partial charge on any atom is -1.00 e. The first-order valence-corrected chi connectivity index (χ1v) is 3.98. The van der Waals surface area contributed by atoms with Crippen LogP contribution in [0.4, 0.5) is 0 Å². The van der Waals surface area contributed by atoms with Crippen LogP contribution in [0, 0.1) is 6.92 Å². The molecule has 1 N–H and O–H groups in total. The summed E-state index contributed by atoms with van der Waals surface area (Å²) < 4.78 is 0.951. The Morgan fingerprint density at radius 2 is 1.38 bits per heavy atom. The summed E-state index contributed by atoms with van der Waals surface area (Å²) in [4.78, 5) is 0. The SMILES string of the molecule is C=CC[N+](C)(C)CC=C.[CH2]CO.[Cl-]. The highest BCUT2D eigenvalue weighted by Crippen LogP contribution is 1.95. The van der Waals surface area contributed by atoms with Crippen molar-refractivity contribution in [3.63, 3.8) is 0 Å². The van der Waals surface area contributed by atoms with Gasteiger partial charge in [-0.25, -0.2) is 0 Å². The van der Waals surface area contributed by atoms with E-state index in [9.17, 15) is 0 Å². The highest BCUT2D eigenvalue weighted by molar-refractivity contribution is 4.69. The van der Waals surface area contributed by atoms with E-state index in [0.29, 0.717) is 0 Å². The van der Waals surface area contributed by atoms with E-state index in [2.05, 4.69) is 34.2 Å². The van der Waals surface area contributed by atoms with E-state index in [1.807, 2.05) is 12.2 Å². The molecule has 0 heterocycles. The van der Waals surface area contributed by atoms with Crippen molar-refractivity contribution in [2.24, 2.45) is 0 Å². The van der Waals surface area contributed by atoms with Gasteiger partial charge in [0, 0.05) is 6.61 Å². The topological polar surface area (TPSA) is 20.2 Å². The molecule has 13 heavy (non-hydrogen) atoms. The van der Waals surface area contributed by atoms with E-state index in [-0.39, 0.29) is 19.0 Å². The third-order valence-electron chi connectivity index (χ3n) is 1.25. The molecule has 0 aromatic heterocycles. The summed E-state index contributed by atoms with van der Waals surface area (Å²) in [5.74, 6) is 0. The predicted octanol–water partition coefficient (Wildman–Crippen LogP) is -1.75. The first-order valence-electron chi connectivity index (χ1n) is 3.98. The van der Waals surface area contributed by atoms with Crippen LogP contribution in [0.2, 0.25) is 0 Å². The van der Waals surface area contributed by atoms with E-state index >= 15 is 0 Å². The van der Waals surface area contributed by atoms with Gasteiger partial charge >= 0.3 is 0 Å². The third-order valence-corrected chi connectivity index (χ3v) is 1.25. The van der Waals surface area contributed by atoms with E-state index in [4.69, 9.17) is 5.11 Å². The summed E-state index contributed by atoms with van der Waals surface area (Å²) in [5.41, 5.74) is 0. The summed E-state index contributed by atoms with van der Waals surface area (Å²) in [6.45, 7) is 12.4. The van der Waals surface area contributed by atoms with E-state index in [0.717, 1.165) is 17.6 Å². The molecule has 3 heteroatoms. The Balaban J connectivity index is -0.000000220. The lowest BCUT2D eigenvalue weighted by Gasteiger charge is -2.26. The molecule has 79 valence electrons. The van der Waals surface area contributed by atoms with Crippen LogP contribution in [0.15, 0.2) is 25.3 Å². The fourth-order valence-corrected chi connectivity index (χ4v) is 0.774. The van der Waals surface area contributed by atoms with Crippen LogP contribution in [0.5, 0.6) is 0 Å². The van der Waals surface area contributed by atoms with Gasteiger partial charge in [-0.15, -0.1) is 0 Å². The van der Waals surface area contributed by atoms with Gasteiger partial charge in [0.05, 0.1) is 27.2 Å². The van der Waals surface area contributed by atoms with Crippen LogP contribution < -0.4 is 12.4 Å². The maximum absolute atomic E-state index is 7.46. The number of hydrogen-bond donors (Lipinski definition) is 1. The molecule has 0 atom stereocenters. The molecule has 0 saturated heterocycles. The Labute approximate surface area is 88.6 Å². The molecule has 0 fully saturated rings. The second-order valence-electron chi connectivity index (χ2n) is 3.10. The molecule has 2 nitrogen and oxygen atoms in total. The van der Waals surface area contributed by atoms with Gasteiger partial charge in [-0.05, 0) is 19.1 Å². The van der Waals surface area contributed by atoms with Gasteiger partial charge in [0.1, 0.15) is 0 Å². The van der Waals surface area contributed by atoms with Crippen molar-refractivity contribution in [2.75, 3.05) is 33.8 Å². The maximum Gasteiger partial charge on any atom is 0.0969 e. The molecule has 0 aromatic carbocycles. The molecule has 0 aliphatic rings. The minimum absolute atomic E-state index is 0. The molecule has 0 rings (SSSR count). The number of nitrogens with zero attached hydrogens (tertiary/aromatic N) is 1. The zero-order valence-electron chi connectivity index (χ0n) is 8.67. The molecule has 0 spiro atoms.